The highest BCUT2D eigenvalue weighted by Gasteiger charge is 2.37. The van der Waals surface area contributed by atoms with E-state index < -0.39 is 35.0 Å². The molecule has 0 aliphatic rings. The van der Waals surface area contributed by atoms with Crippen molar-refractivity contribution in [2.24, 2.45) is 0 Å². The van der Waals surface area contributed by atoms with Gasteiger partial charge in [-0.1, -0.05) is 54.6 Å². The number of aromatic nitrogens is 1. The second kappa shape index (κ2) is 8.94. The number of amides is 1. The molecule has 0 unspecified atom stereocenters. The van der Waals surface area contributed by atoms with Gasteiger partial charge in [-0.2, -0.15) is 26.3 Å². The van der Waals surface area contributed by atoms with E-state index in [1.807, 2.05) is 54.6 Å². The molecule has 0 saturated heterocycles. The zero-order chi connectivity index (χ0) is 24.5. The lowest BCUT2D eigenvalue weighted by molar-refractivity contribution is -0.143. The van der Waals surface area contributed by atoms with Crippen molar-refractivity contribution in [2.75, 3.05) is 5.32 Å². The molecule has 0 aliphatic heterocycles. The van der Waals surface area contributed by atoms with E-state index in [1.165, 1.54) is 0 Å². The Labute approximate surface area is 193 Å². The van der Waals surface area contributed by atoms with Crippen molar-refractivity contribution in [3.8, 4) is 22.4 Å². The fourth-order valence-corrected chi connectivity index (χ4v) is 3.90. The van der Waals surface area contributed by atoms with Crippen LogP contribution in [0.2, 0.25) is 0 Å². The molecular formula is C24H14F6N2OS. The van der Waals surface area contributed by atoms with Crippen molar-refractivity contribution in [3.63, 3.8) is 0 Å². The number of carbonyl (C=O) groups is 1. The molecule has 1 heterocycles. The highest BCUT2D eigenvalue weighted by atomic mass is 32.1. The first-order valence-corrected chi connectivity index (χ1v) is 10.6. The molecular weight excluding hydrogens is 478 g/mol. The van der Waals surface area contributed by atoms with Crippen LogP contribution in [0.25, 0.3) is 22.4 Å². The van der Waals surface area contributed by atoms with Crippen LogP contribution < -0.4 is 5.32 Å². The smallest absolute Gasteiger partial charge is 0.298 e. The average molecular weight is 492 g/mol. The summed E-state index contributed by atoms with van der Waals surface area (Å²) in [4.78, 5) is 16.7. The quantitative estimate of drug-likeness (QED) is 0.296. The van der Waals surface area contributed by atoms with E-state index in [0.29, 0.717) is 17.8 Å². The van der Waals surface area contributed by atoms with E-state index in [-0.39, 0.29) is 11.2 Å². The molecule has 0 spiro atoms. The molecule has 0 aliphatic carbocycles. The monoisotopic (exact) mass is 492 g/mol. The molecule has 4 aromatic rings. The maximum Gasteiger partial charge on any atom is 0.416 e. The van der Waals surface area contributed by atoms with Crippen molar-refractivity contribution in [1.29, 1.82) is 0 Å². The summed E-state index contributed by atoms with van der Waals surface area (Å²) < 4.78 is 78.3. The van der Waals surface area contributed by atoms with E-state index in [4.69, 9.17) is 0 Å². The van der Waals surface area contributed by atoms with Crippen LogP contribution in [0.1, 0.15) is 21.5 Å². The SMILES string of the molecule is O=C(Nc1nc(-c2ccc(-c3ccccc3)cc2)cs1)c1cc(C(F)(F)F)cc(C(F)(F)F)c1. The second-order valence-corrected chi connectivity index (χ2v) is 8.09. The number of nitrogens with one attached hydrogen (secondary N) is 1. The topological polar surface area (TPSA) is 42.0 Å². The summed E-state index contributed by atoms with van der Waals surface area (Å²) >= 11 is 1.000. The number of hydrogen-bond donors (Lipinski definition) is 1. The maximum absolute atomic E-state index is 13.0. The molecule has 0 saturated carbocycles. The zero-order valence-electron chi connectivity index (χ0n) is 17.0. The maximum atomic E-state index is 13.0. The Bertz CT molecular complexity index is 1280. The third-order valence-electron chi connectivity index (χ3n) is 4.86. The van der Waals surface area contributed by atoms with Crippen LogP contribution in [0.5, 0.6) is 0 Å². The molecule has 3 aromatic carbocycles. The molecule has 0 fully saturated rings. The Morgan fingerprint density at radius 1 is 0.735 bits per heavy atom. The van der Waals surface area contributed by atoms with Crippen LogP contribution in [0, 0.1) is 0 Å². The van der Waals surface area contributed by atoms with E-state index in [1.54, 1.807) is 5.38 Å². The van der Waals surface area contributed by atoms with E-state index >= 15 is 0 Å². The lowest BCUT2D eigenvalue weighted by atomic mass is 10.0. The first-order valence-electron chi connectivity index (χ1n) is 9.73. The summed E-state index contributed by atoms with van der Waals surface area (Å²) in [6.07, 6.45) is -10.1. The third kappa shape index (κ3) is 5.28. The molecule has 1 aromatic heterocycles. The first kappa shape index (κ1) is 23.5. The Kier molecular flexibility index (Phi) is 6.18. The van der Waals surface area contributed by atoms with Crippen LogP contribution in [0.3, 0.4) is 0 Å². The van der Waals surface area contributed by atoms with Gasteiger partial charge in [-0.3, -0.25) is 10.1 Å². The predicted octanol–water partition coefficient (Wildman–Crippen LogP) is 7.77. The molecule has 0 atom stereocenters. The van der Waals surface area contributed by atoms with Crippen molar-refractivity contribution < 1.29 is 31.1 Å². The minimum absolute atomic E-state index is 0.0304. The minimum atomic E-state index is -5.05. The van der Waals surface area contributed by atoms with Crippen LogP contribution in [0.4, 0.5) is 31.5 Å². The fraction of sp³-hybridized carbons (Fsp3) is 0.0833. The fourth-order valence-electron chi connectivity index (χ4n) is 3.18. The van der Waals surface area contributed by atoms with Crippen LogP contribution in [0.15, 0.2) is 78.2 Å². The van der Waals surface area contributed by atoms with E-state index in [2.05, 4.69) is 10.3 Å². The van der Waals surface area contributed by atoms with Gasteiger partial charge in [0.15, 0.2) is 5.13 Å². The largest absolute Gasteiger partial charge is 0.416 e. The summed E-state index contributed by atoms with van der Waals surface area (Å²) in [5.41, 5.74) is -0.657. The second-order valence-electron chi connectivity index (χ2n) is 7.23. The molecule has 0 radical (unpaired) electrons. The number of alkyl halides is 6. The highest BCUT2D eigenvalue weighted by Crippen LogP contribution is 2.36. The van der Waals surface area contributed by atoms with Gasteiger partial charge in [-0.25, -0.2) is 4.98 Å². The van der Waals surface area contributed by atoms with Gasteiger partial charge in [0.25, 0.3) is 5.91 Å². The summed E-state index contributed by atoms with van der Waals surface area (Å²) in [5.74, 6) is -1.13. The average Bonchev–Trinajstić information content (AvgIpc) is 3.27. The number of rotatable bonds is 4. The zero-order valence-corrected chi connectivity index (χ0v) is 17.9. The number of thiazole rings is 1. The number of nitrogens with zero attached hydrogens (tertiary/aromatic N) is 1. The summed E-state index contributed by atoms with van der Waals surface area (Å²) in [7, 11) is 0. The minimum Gasteiger partial charge on any atom is -0.298 e. The number of anilines is 1. The Morgan fingerprint density at radius 3 is 1.82 bits per heavy atom. The number of hydrogen-bond acceptors (Lipinski definition) is 3. The summed E-state index contributed by atoms with van der Waals surface area (Å²) in [5, 5.41) is 3.94. The van der Waals surface area contributed by atoms with Crippen LogP contribution in [-0.4, -0.2) is 10.9 Å². The van der Waals surface area contributed by atoms with Gasteiger partial charge in [0.05, 0.1) is 16.8 Å². The van der Waals surface area contributed by atoms with Crippen molar-refractivity contribution in [3.05, 3.63) is 94.9 Å². The molecule has 4 rings (SSSR count). The normalized spacial score (nSPS) is 11.9. The standard InChI is InChI=1S/C24H14F6N2OS/c25-23(26,27)18-10-17(11-19(12-18)24(28,29)30)21(33)32-22-31-20(13-34-22)16-8-6-15(7-9-16)14-4-2-1-3-5-14/h1-13H,(H,31,32,33). The van der Waals surface area contributed by atoms with Gasteiger partial charge in [0.2, 0.25) is 0 Å². The first-order chi connectivity index (χ1) is 16.0. The molecule has 174 valence electrons. The highest BCUT2D eigenvalue weighted by molar-refractivity contribution is 7.14. The number of carbonyl (C=O) groups excluding carboxylic acids is 1. The number of halogens is 6. The van der Waals surface area contributed by atoms with Gasteiger partial charge >= 0.3 is 12.4 Å². The van der Waals surface area contributed by atoms with Gasteiger partial charge in [-0.05, 0) is 29.3 Å². The lowest BCUT2D eigenvalue weighted by Crippen LogP contribution is -2.17. The predicted molar refractivity (Wildman–Crippen MR) is 117 cm³/mol. The molecule has 1 amide bonds. The van der Waals surface area contributed by atoms with Gasteiger partial charge in [-0.15, -0.1) is 11.3 Å². The third-order valence-corrected chi connectivity index (χ3v) is 5.62. The Hall–Kier alpha value is -3.66. The van der Waals surface area contributed by atoms with Gasteiger partial charge in [0.1, 0.15) is 0 Å². The molecule has 10 heteroatoms. The van der Waals surface area contributed by atoms with Crippen molar-refractivity contribution in [2.45, 2.75) is 12.4 Å². The molecule has 34 heavy (non-hydrogen) atoms. The molecule has 0 bridgehead atoms. The van der Waals surface area contributed by atoms with Gasteiger partial charge < -0.3 is 0 Å². The molecule has 1 N–H and O–H groups in total. The van der Waals surface area contributed by atoms with E-state index in [0.717, 1.165) is 28.0 Å². The van der Waals surface area contributed by atoms with Crippen molar-refractivity contribution in [1.82, 2.24) is 4.98 Å². The lowest BCUT2D eigenvalue weighted by Gasteiger charge is -2.13. The van der Waals surface area contributed by atoms with Crippen molar-refractivity contribution >= 4 is 22.4 Å². The van der Waals surface area contributed by atoms with Crippen LogP contribution >= 0.6 is 11.3 Å². The summed E-state index contributed by atoms with van der Waals surface area (Å²) in [6, 6.07) is 17.8. The summed E-state index contributed by atoms with van der Waals surface area (Å²) in [6.45, 7) is 0. The van der Waals surface area contributed by atoms with Gasteiger partial charge in [0, 0.05) is 16.5 Å². The molecule has 3 nitrogen and oxygen atoms in total. The Balaban J connectivity index is 1.55. The number of benzene rings is 3. The Morgan fingerprint density at radius 2 is 1.26 bits per heavy atom. The van der Waals surface area contributed by atoms with Crippen LogP contribution in [-0.2, 0) is 12.4 Å². The van der Waals surface area contributed by atoms with E-state index in [9.17, 15) is 31.1 Å².